The highest BCUT2D eigenvalue weighted by atomic mass is 15.3. The van der Waals surface area contributed by atoms with Crippen molar-refractivity contribution in [1.82, 2.24) is 14.8 Å². The Hall–Kier alpha value is -1.84. The number of rotatable bonds is 2. The summed E-state index contributed by atoms with van der Waals surface area (Å²) < 4.78 is 1.78. The van der Waals surface area contributed by atoms with E-state index in [-0.39, 0.29) is 0 Å². The highest BCUT2D eigenvalue weighted by Crippen LogP contribution is 2.35. The molecule has 2 aromatic rings. The quantitative estimate of drug-likeness (QED) is 0.859. The van der Waals surface area contributed by atoms with E-state index in [0.29, 0.717) is 5.92 Å². The molecule has 88 valence electrons. The van der Waals surface area contributed by atoms with Crippen LogP contribution in [-0.2, 0) is 0 Å². The lowest BCUT2D eigenvalue weighted by Gasteiger charge is -2.05. The van der Waals surface area contributed by atoms with Gasteiger partial charge in [0.25, 0.3) is 0 Å². The van der Waals surface area contributed by atoms with Gasteiger partial charge in [-0.1, -0.05) is 18.9 Å². The van der Waals surface area contributed by atoms with Crippen molar-refractivity contribution in [2.45, 2.75) is 31.6 Å². The Bertz CT molecular complexity index is 497. The van der Waals surface area contributed by atoms with Crippen LogP contribution in [-0.4, -0.2) is 14.8 Å². The lowest BCUT2D eigenvalue weighted by atomic mass is 10.0. The van der Waals surface area contributed by atoms with E-state index in [2.05, 4.69) is 10.1 Å². The smallest absolute Gasteiger partial charge is 0.153 e. The summed E-state index contributed by atoms with van der Waals surface area (Å²) in [6.07, 6.45) is 8.65. The third-order valence-electron chi connectivity index (χ3n) is 3.40. The van der Waals surface area contributed by atoms with Crippen LogP contribution in [0.4, 0.5) is 5.69 Å². The molecule has 1 saturated carbocycles. The summed E-state index contributed by atoms with van der Waals surface area (Å²) in [5.74, 6) is 1.36. The Morgan fingerprint density at radius 3 is 2.76 bits per heavy atom. The second-order valence-corrected chi connectivity index (χ2v) is 4.58. The Balaban J connectivity index is 1.95. The molecule has 0 spiro atoms. The second kappa shape index (κ2) is 4.20. The van der Waals surface area contributed by atoms with Crippen molar-refractivity contribution in [1.29, 1.82) is 0 Å². The minimum Gasteiger partial charge on any atom is -0.396 e. The Morgan fingerprint density at radius 2 is 2.06 bits per heavy atom. The number of nitrogens with zero attached hydrogens (tertiary/aromatic N) is 3. The molecular weight excluding hydrogens is 212 g/mol. The lowest BCUT2D eigenvalue weighted by molar-refractivity contribution is 0.677. The average molecular weight is 228 g/mol. The molecule has 0 amide bonds. The normalized spacial score (nSPS) is 16.5. The van der Waals surface area contributed by atoms with Crippen LogP contribution in [0.15, 0.2) is 30.6 Å². The van der Waals surface area contributed by atoms with Gasteiger partial charge in [0.2, 0.25) is 0 Å². The molecule has 4 heteroatoms. The van der Waals surface area contributed by atoms with E-state index in [0.717, 1.165) is 17.2 Å². The maximum absolute atomic E-state index is 6.05. The summed E-state index contributed by atoms with van der Waals surface area (Å²) in [6.45, 7) is 0. The van der Waals surface area contributed by atoms with Crippen molar-refractivity contribution >= 4 is 5.69 Å². The molecule has 0 bridgehead atoms. The summed E-state index contributed by atoms with van der Waals surface area (Å²) in [6, 6.07) is 5.79. The lowest BCUT2D eigenvalue weighted by Crippen LogP contribution is -2.00. The standard InChI is InChI=1S/C13H16N4/c14-11-9-17(12-7-3-4-8-15-12)16-13(11)10-5-1-2-6-10/h3-4,7-10H,1-2,5-6,14H2. The van der Waals surface area contributed by atoms with Crippen LogP contribution in [0.2, 0.25) is 0 Å². The highest BCUT2D eigenvalue weighted by molar-refractivity contribution is 5.45. The number of aromatic nitrogens is 3. The minimum absolute atomic E-state index is 0.542. The van der Waals surface area contributed by atoms with E-state index < -0.39 is 0 Å². The predicted octanol–water partition coefficient (Wildman–Crippen LogP) is 2.51. The van der Waals surface area contributed by atoms with Crippen LogP contribution in [0.25, 0.3) is 5.82 Å². The fraction of sp³-hybridized carbons (Fsp3) is 0.385. The Labute approximate surface area is 100 Å². The molecule has 0 aromatic carbocycles. The molecule has 0 aliphatic heterocycles. The third kappa shape index (κ3) is 1.90. The number of hydrogen-bond donors (Lipinski definition) is 1. The van der Waals surface area contributed by atoms with Gasteiger partial charge in [0.05, 0.1) is 17.6 Å². The number of hydrogen-bond acceptors (Lipinski definition) is 3. The van der Waals surface area contributed by atoms with E-state index in [9.17, 15) is 0 Å². The van der Waals surface area contributed by atoms with Gasteiger partial charge < -0.3 is 5.73 Å². The molecule has 4 nitrogen and oxygen atoms in total. The van der Waals surface area contributed by atoms with Crippen LogP contribution in [0.1, 0.15) is 37.3 Å². The summed E-state index contributed by atoms with van der Waals surface area (Å²) in [4.78, 5) is 4.27. The van der Waals surface area contributed by atoms with Crippen LogP contribution >= 0.6 is 0 Å². The van der Waals surface area contributed by atoms with E-state index >= 15 is 0 Å². The first-order valence-corrected chi connectivity index (χ1v) is 6.11. The molecule has 17 heavy (non-hydrogen) atoms. The summed E-state index contributed by atoms with van der Waals surface area (Å²) >= 11 is 0. The van der Waals surface area contributed by atoms with Gasteiger partial charge in [-0.05, 0) is 25.0 Å². The maximum atomic E-state index is 6.05. The zero-order valence-electron chi connectivity index (χ0n) is 9.71. The molecule has 3 rings (SSSR count). The van der Waals surface area contributed by atoms with Crippen LogP contribution < -0.4 is 5.73 Å². The van der Waals surface area contributed by atoms with Crippen LogP contribution in [0.3, 0.4) is 0 Å². The van der Waals surface area contributed by atoms with E-state index in [1.807, 2.05) is 24.4 Å². The fourth-order valence-corrected chi connectivity index (χ4v) is 2.52. The van der Waals surface area contributed by atoms with E-state index in [4.69, 9.17) is 5.73 Å². The van der Waals surface area contributed by atoms with Crippen molar-refractivity contribution in [3.05, 3.63) is 36.3 Å². The van der Waals surface area contributed by atoms with Gasteiger partial charge >= 0.3 is 0 Å². The first-order chi connectivity index (χ1) is 8.34. The second-order valence-electron chi connectivity index (χ2n) is 4.58. The van der Waals surface area contributed by atoms with Gasteiger partial charge in [0.15, 0.2) is 5.82 Å². The molecule has 2 N–H and O–H groups in total. The molecule has 0 saturated heterocycles. The first kappa shape index (κ1) is 10.3. The van der Waals surface area contributed by atoms with Crippen molar-refractivity contribution in [3.8, 4) is 5.82 Å². The average Bonchev–Trinajstić information content (AvgIpc) is 2.99. The van der Waals surface area contributed by atoms with Gasteiger partial charge in [0.1, 0.15) is 0 Å². The number of nitrogen functional groups attached to an aromatic ring is 1. The molecule has 0 radical (unpaired) electrons. The molecule has 0 atom stereocenters. The molecule has 2 heterocycles. The predicted molar refractivity (Wildman–Crippen MR) is 67.0 cm³/mol. The summed E-state index contributed by atoms with van der Waals surface area (Å²) in [5.41, 5.74) is 7.89. The summed E-state index contributed by atoms with van der Waals surface area (Å²) in [5, 5.41) is 4.59. The van der Waals surface area contributed by atoms with Gasteiger partial charge in [0, 0.05) is 12.1 Å². The van der Waals surface area contributed by atoms with Crippen LogP contribution in [0.5, 0.6) is 0 Å². The number of anilines is 1. The van der Waals surface area contributed by atoms with E-state index in [1.54, 1.807) is 10.9 Å². The van der Waals surface area contributed by atoms with Crippen molar-refractivity contribution in [3.63, 3.8) is 0 Å². The first-order valence-electron chi connectivity index (χ1n) is 6.11. The molecule has 1 fully saturated rings. The fourth-order valence-electron chi connectivity index (χ4n) is 2.52. The zero-order chi connectivity index (χ0) is 11.7. The largest absolute Gasteiger partial charge is 0.396 e. The highest BCUT2D eigenvalue weighted by Gasteiger charge is 2.22. The molecule has 0 unspecified atom stereocenters. The molecular formula is C13H16N4. The Morgan fingerprint density at radius 1 is 1.24 bits per heavy atom. The van der Waals surface area contributed by atoms with Gasteiger partial charge in [-0.3, -0.25) is 0 Å². The summed E-state index contributed by atoms with van der Waals surface area (Å²) in [7, 11) is 0. The topological polar surface area (TPSA) is 56.7 Å². The maximum Gasteiger partial charge on any atom is 0.153 e. The van der Waals surface area contributed by atoms with Crippen molar-refractivity contribution in [2.24, 2.45) is 0 Å². The minimum atomic E-state index is 0.542. The SMILES string of the molecule is Nc1cn(-c2ccccn2)nc1C1CCCC1. The number of pyridine rings is 1. The van der Waals surface area contributed by atoms with Gasteiger partial charge in [-0.25, -0.2) is 9.67 Å². The Kier molecular flexibility index (Phi) is 2.55. The third-order valence-corrected chi connectivity index (χ3v) is 3.40. The molecule has 1 aliphatic rings. The van der Waals surface area contributed by atoms with E-state index in [1.165, 1.54) is 25.7 Å². The van der Waals surface area contributed by atoms with Gasteiger partial charge in [-0.15, -0.1) is 0 Å². The van der Waals surface area contributed by atoms with Crippen molar-refractivity contribution in [2.75, 3.05) is 5.73 Å². The molecule has 1 aliphatic carbocycles. The van der Waals surface area contributed by atoms with Crippen molar-refractivity contribution < 1.29 is 0 Å². The van der Waals surface area contributed by atoms with Gasteiger partial charge in [-0.2, -0.15) is 5.10 Å². The zero-order valence-corrected chi connectivity index (χ0v) is 9.71. The molecule has 2 aromatic heterocycles. The number of nitrogens with two attached hydrogens (primary N) is 1. The monoisotopic (exact) mass is 228 g/mol. The van der Waals surface area contributed by atoms with Crippen LogP contribution in [0, 0.1) is 0 Å².